The zero-order valence-electron chi connectivity index (χ0n) is 15.0. The number of halogens is 1. The molecule has 2 fully saturated rings. The minimum atomic E-state index is 0.227. The highest BCUT2D eigenvalue weighted by atomic mass is 35.5. The van der Waals surface area contributed by atoms with Crippen LogP contribution in [0.3, 0.4) is 0 Å². The van der Waals surface area contributed by atoms with Gasteiger partial charge in [0.1, 0.15) is 11.3 Å². The normalized spacial score (nSPS) is 18.8. The molecule has 1 aromatic carbocycles. The summed E-state index contributed by atoms with van der Waals surface area (Å²) in [5, 5.41) is 4.86. The summed E-state index contributed by atoms with van der Waals surface area (Å²) in [6.07, 6.45) is 6.25. The molecule has 7 heteroatoms. The van der Waals surface area contributed by atoms with Gasteiger partial charge in [-0.15, -0.1) is 0 Å². The fourth-order valence-electron chi connectivity index (χ4n) is 3.67. The fraction of sp³-hybridized carbons (Fsp3) is 0.579. The number of hydrogen-bond acceptors (Lipinski definition) is 5. The lowest BCUT2D eigenvalue weighted by atomic mass is 9.91. The number of carbonyl (C=O) groups excluding carboxylic acids is 1. The van der Waals surface area contributed by atoms with Crippen molar-refractivity contribution in [2.75, 3.05) is 25.1 Å². The number of fused-ring (bicyclic) bond motifs is 1. The first-order chi connectivity index (χ1) is 12.6. The number of anilines is 1. The highest BCUT2D eigenvalue weighted by Crippen LogP contribution is 2.39. The van der Waals surface area contributed by atoms with E-state index in [4.69, 9.17) is 21.3 Å². The Hall–Kier alpha value is -1.53. The third-order valence-electron chi connectivity index (χ3n) is 5.50. The fourth-order valence-corrected chi connectivity index (χ4v) is 4.98. The van der Waals surface area contributed by atoms with Gasteiger partial charge in [0.2, 0.25) is 5.91 Å². The van der Waals surface area contributed by atoms with Gasteiger partial charge in [-0.3, -0.25) is 4.79 Å². The summed E-state index contributed by atoms with van der Waals surface area (Å²) in [5.41, 5.74) is 0.835. The molecule has 1 N–H and O–H groups in total. The van der Waals surface area contributed by atoms with E-state index in [1.165, 1.54) is 6.42 Å². The van der Waals surface area contributed by atoms with E-state index in [0.717, 1.165) is 59.9 Å². The Morgan fingerprint density at radius 2 is 2.12 bits per heavy atom. The van der Waals surface area contributed by atoms with Crippen molar-refractivity contribution in [1.82, 2.24) is 10.3 Å². The number of nitrogens with zero attached hydrogens (tertiary/aromatic N) is 2. The van der Waals surface area contributed by atoms with Crippen LogP contribution in [0.5, 0.6) is 5.75 Å². The maximum Gasteiger partial charge on any atom is 0.220 e. The zero-order chi connectivity index (χ0) is 18.1. The van der Waals surface area contributed by atoms with Gasteiger partial charge in [0.15, 0.2) is 5.13 Å². The maximum absolute atomic E-state index is 12.1. The number of benzene rings is 1. The Morgan fingerprint density at radius 3 is 2.77 bits per heavy atom. The van der Waals surface area contributed by atoms with E-state index in [2.05, 4.69) is 10.2 Å². The van der Waals surface area contributed by atoms with Crippen molar-refractivity contribution in [2.24, 2.45) is 5.92 Å². The van der Waals surface area contributed by atoms with Gasteiger partial charge in [-0.1, -0.05) is 22.9 Å². The van der Waals surface area contributed by atoms with Crippen LogP contribution in [0.2, 0.25) is 5.02 Å². The van der Waals surface area contributed by atoms with Gasteiger partial charge in [-0.25, -0.2) is 4.98 Å². The molecule has 0 unspecified atom stereocenters. The number of rotatable bonds is 5. The van der Waals surface area contributed by atoms with E-state index in [1.54, 1.807) is 18.4 Å². The molecule has 0 atom stereocenters. The smallest absolute Gasteiger partial charge is 0.220 e. The summed E-state index contributed by atoms with van der Waals surface area (Å²) in [4.78, 5) is 19.2. The molecule has 1 saturated heterocycles. The van der Waals surface area contributed by atoms with E-state index >= 15 is 0 Å². The summed E-state index contributed by atoms with van der Waals surface area (Å²) in [6.45, 7) is 1.86. The number of amides is 1. The first-order valence-corrected chi connectivity index (χ1v) is 10.5. The first kappa shape index (κ1) is 17.9. The second-order valence-corrected chi connectivity index (χ2v) is 8.64. The van der Waals surface area contributed by atoms with Gasteiger partial charge in [0.25, 0.3) is 0 Å². The summed E-state index contributed by atoms with van der Waals surface area (Å²) in [7, 11) is 1.65. The van der Waals surface area contributed by atoms with Gasteiger partial charge in [0.05, 0.1) is 16.8 Å². The molecule has 5 nitrogen and oxygen atoms in total. The average molecular weight is 394 g/mol. The Morgan fingerprint density at radius 1 is 1.35 bits per heavy atom. The Kier molecular flexibility index (Phi) is 5.23. The number of aromatic nitrogens is 1. The van der Waals surface area contributed by atoms with Crippen LogP contribution < -0.4 is 15.0 Å². The monoisotopic (exact) mass is 393 g/mol. The number of piperidine rings is 1. The average Bonchev–Trinajstić information content (AvgIpc) is 3.05. The van der Waals surface area contributed by atoms with Crippen LogP contribution in [-0.4, -0.2) is 37.1 Å². The summed E-state index contributed by atoms with van der Waals surface area (Å²) in [6, 6.07) is 4.16. The zero-order valence-corrected chi connectivity index (χ0v) is 16.5. The summed E-state index contributed by atoms with van der Waals surface area (Å²) >= 11 is 7.95. The highest BCUT2D eigenvalue weighted by Gasteiger charge is 2.26. The summed E-state index contributed by atoms with van der Waals surface area (Å²) in [5.74, 6) is 1.46. The van der Waals surface area contributed by atoms with E-state index in [0.29, 0.717) is 23.4 Å². The van der Waals surface area contributed by atoms with Gasteiger partial charge in [-0.2, -0.15) is 0 Å². The lowest BCUT2D eigenvalue weighted by Gasteiger charge is -2.32. The van der Waals surface area contributed by atoms with Crippen molar-refractivity contribution in [3.8, 4) is 5.75 Å². The molecule has 4 rings (SSSR count). The number of carbonyl (C=O) groups is 1. The topological polar surface area (TPSA) is 54.5 Å². The van der Waals surface area contributed by atoms with Gasteiger partial charge in [-0.05, 0) is 50.2 Å². The van der Waals surface area contributed by atoms with E-state index in [1.807, 2.05) is 12.1 Å². The van der Waals surface area contributed by atoms with E-state index in [9.17, 15) is 4.79 Å². The van der Waals surface area contributed by atoms with Crippen LogP contribution in [0.4, 0.5) is 5.13 Å². The minimum Gasteiger partial charge on any atom is -0.494 e. The standard InChI is InChI=1S/C19H24ClN3O2S/c1-25-15-6-5-14(20)18-17(15)22-19(26-18)23-9-7-12(8-10-23)11-16(24)21-13-3-2-4-13/h5-6,12-13H,2-4,7-11H2,1H3,(H,21,24). The molecule has 2 heterocycles. The van der Waals surface area contributed by atoms with Crippen molar-refractivity contribution in [1.29, 1.82) is 0 Å². The Labute approximate surface area is 162 Å². The van der Waals surface area contributed by atoms with Crippen LogP contribution in [-0.2, 0) is 4.79 Å². The molecule has 1 amide bonds. The van der Waals surface area contributed by atoms with Crippen LogP contribution >= 0.6 is 22.9 Å². The van der Waals surface area contributed by atoms with Crippen LogP contribution in [0, 0.1) is 5.92 Å². The van der Waals surface area contributed by atoms with E-state index in [-0.39, 0.29) is 5.91 Å². The molecular weight excluding hydrogens is 370 g/mol. The SMILES string of the molecule is COc1ccc(Cl)c2sc(N3CCC(CC(=O)NC4CCC4)CC3)nc12. The largest absolute Gasteiger partial charge is 0.494 e. The third kappa shape index (κ3) is 3.62. The van der Waals surface area contributed by atoms with Crippen molar-refractivity contribution in [2.45, 2.75) is 44.6 Å². The van der Waals surface area contributed by atoms with Gasteiger partial charge < -0.3 is 15.0 Å². The third-order valence-corrected chi connectivity index (χ3v) is 7.07. The van der Waals surface area contributed by atoms with Crippen molar-refractivity contribution in [3.63, 3.8) is 0 Å². The van der Waals surface area contributed by atoms with Crippen LogP contribution in [0.25, 0.3) is 10.2 Å². The number of methoxy groups -OCH3 is 1. The summed E-state index contributed by atoms with van der Waals surface area (Å²) < 4.78 is 6.39. The van der Waals surface area contributed by atoms with Crippen molar-refractivity contribution < 1.29 is 9.53 Å². The Bertz CT molecular complexity index is 797. The van der Waals surface area contributed by atoms with E-state index < -0.39 is 0 Å². The lowest BCUT2D eigenvalue weighted by molar-refractivity contribution is -0.123. The molecule has 0 radical (unpaired) electrons. The quantitative estimate of drug-likeness (QED) is 0.825. The second kappa shape index (κ2) is 7.61. The number of nitrogens with one attached hydrogen (secondary N) is 1. The van der Waals surface area contributed by atoms with Crippen molar-refractivity contribution in [3.05, 3.63) is 17.2 Å². The molecule has 0 spiro atoms. The first-order valence-electron chi connectivity index (χ1n) is 9.31. The van der Waals surface area contributed by atoms with Crippen LogP contribution in [0.1, 0.15) is 38.5 Å². The number of ether oxygens (including phenoxy) is 1. The second-order valence-electron chi connectivity index (χ2n) is 7.25. The highest BCUT2D eigenvalue weighted by molar-refractivity contribution is 7.22. The molecule has 1 aliphatic heterocycles. The Balaban J connectivity index is 1.37. The number of hydrogen-bond donors (Lipinski definition) is 1. The lowest BCUT2D eigenvalue weighted by Crippen LogP contribution is -2.41. The molecule has 1 aliphatic carbocycles. The predicted molar refractivity (Wildman–Crippen MR) is 107 cm³/mol. The van der Waals surface area contributed by atoms with Gasteiger partial charge >= 0.3 is 0 Å². The maximum atomic E-state index is 12.1. The van der Waals surface area contributed by atoms with Gasteiger partial charge in [0, 0.05) is 25.6 Å². The number of thiazole rings is 1. The molecule has 0 bridgehead atoms. The van der Waals surface area contributed by atoms with Crippen LogP contribution in [0.15, 0.2) is 12.1 Å². The molecule has 1 saturated carbocycles. The molecule has 140 valence electrons. The molecular formula is C19H24ClN3O2S. The minimum absolute atomic E-state index is 0.227. The molecule has 26 heavy (non-hydrogen) atoms. The molecule has 2 aliphatic rings. The predicted octanol–water partition coefficient (Wildman–Crippen LogP) is 4.23. The molecule has 1 aromatic heterocycles. The molecule has 2 aromatic rings. The van der Waals surface area contributed by atoms with Crippen molar-refractivity contribution >= 4 is 44.2 Å².